The van der Waals surface area contributed by atoms with E-state index in [1.54, 1.807) is 32.9 Å². The highest BCUT2D eigenvalue weighted by molar-refractivity contribution is 6.05. The van der Waals surface area contributed by atoms with Gasteiger partial charge in [-0.2, -0.15) is 0 Å². The molecule has 2 atom stereocenters. The molecule has 1 aromatic rings. The van der Waals surface area contributed by atoms with E-state index >= 15 is 0 Å². The van der Waals surface area contributed by atoms with E-state index in [1.807, 2.05) is 0 Å². The normalized spacial score (nSPS) is 16.5. The lowest BCUT2D eigenvalue weighted by atomic mass is 10.1. The summed E-state index contributed by atoms with van der Waals surface area (Å²) >= 11 is 0. The highest BCUT2D eigenvalue weighted by atomic mass is 16.6. The van der Waals surface area contributed by atoms with Gasteiger partial charge in [-0.1, -0.05) is 12.1 Å². The van der Waals surface area contributed by atoms with Gasteiger partial charge in [0, 0.05) is 6.42 Å². The fourth-order valence-corrected chi connectivity index (χ4v) is 3.03. The lowest BCUT2D eigenvalue weighted by Crippen LogP contribution is -2.54. The van der Waals surface area contributed by atoms with Gasteiger partial charge in [-0.05, 0) is 39.3 Å². The number of nitrogens with one attached hydrogen (secondary N) is 4. The molecule has 34 heavy (non-hydrogen) atoms. The molecular weight excluding hydrogens is 448 g/mol. The number of esters is 1. The summed E-state index contributed by atoms with van der Waals surface area (Å²) in [5.41, 5.74) is -0.680. The van der Waals surface area contributed by atoms with Gasteiger partial charge in [0.05, 0.1) is 24.8 Å². The zero-order valence-corrected chi connectivity index (χ0v) is 19.4. The highest BCUT2D eigenvalue weighted by Gasteiger charge is 2.31. The molecule has 0 spiro atoms. The number of hydrogen-bond acceptors (Lipinski definition) is 8. The van der Waals surface area contributed by atoms with Crippen LogP contribution in [-0.2, 0) is 28.7 Å². The molecule has 184 valence electrons. The van der Waals surface area contributed by atoms with E-state index in [4.69, 9.17) is 9.47 Å². The van der Waals surface area contributed by atoms with Gasteiger partial charge in [0.25, 0.3) is 0 Å². The quantitative estimate of drug-likeness (QED) is 0.328. The zero-order valence-electron chi connectivity index (χ0n) is 19.4. The van der Waals surface area contributed by atoms with Crippen LogP contribution in [0.15, 0.2) is 24.3 Å². The summed E-state index contributed by atoms with van der Waals surface area (Å²) < 4.78 is 9.87. The number of amides is 5. The van der Waals surface area contributed by atoms with E-state index in [0.29, 0.717) is 0 Å². The summed E-state index contributed by atoms with van der Waals surface area (Å²) in [5.74, 6) is -3.31. The Bertz CT molecular complexity index is 985. The molecule has 12 nitrogen and oxygen atoms in total. The van der Waals surface area contributed by atoms with Crippen LogP contribution in [0.1, 0.15) is 50.4 Å². The molecule has 4 N–H and O–H groups in total. The molecule has 1 aliphatic rings. The average molecular weight is 476 g/mol. The van der Waals surface area contributed by atoms with Crippen LogP contribution >= 0.6 is 0 Å². The van der Waals surface area contributed by atoms with Gasteiger partial charge in [0.2, 0.25) is 23.6 Å². The monoisotopic (exact) mass is 476 g/mol. The summed E-state index contributed by atoms with van der Waals surface area (Å²) in [5, 5.41) is 9.41. The molecule has 0 bridgehead atoms. The van der Waals surface area contributed by atoms with Crippen LogP contribution in [0.5, 0.6) is 0 Å². The maximum Gasteiger partial charge on any atom is 0.408 e. The van der Waals surface area contributed by atoms with Gasteiger partial charge >= 0.3 is 12.1 Å². The molecule has 1 saturated heterocycles. The van der Waals surface area contributed by atoms with Crippen molar-refractivity contribution in [3.63, 3.8) is 0 Å². The lowest BCUT2D eigenvalue weighted by Gasteiger charge is -2.25. The van der Waals surface area contributed by atoms with Crippen LogP contribution in [0.4, 0.5) is 10.5 Å². The molecule has 12 heteroatoms. The van der Waals surface area contributed by atoms with Crippen molar-refractivity contribution in [2.24, 2.45) is 0 Å². The summed E-state index contributed by atoms with van der Waals surface area (Å²) in [4.78, 5) is 73.0. The van der Waals surface area contributed by atoms with Crippen LogP contribution < -0.4 is 21.3 Å². The fraction of sp³-hybridized carbons (Fsp3) is 0.455. The van der Waals surface area contributed by atoms with Gasteiger partial charge in [0.1, 0.15) is 17.7 Å². The Labute approximate surface area is 196 Å². The molecule has 0 saturated carbocycles. The van der Waals surface area contributed by atoms with E-state index in [0.717, 1.165) is 0 Å². The molecule has 1 aliphatic heterocycles. The van der Waals surface area contributed by atoms with Crippen molar-refractivity contribution in [1.82, 2.24) is 16.0 Å². The summed E-state index contributed by atoms with van der Waals surface area (Å²) in [7, 11) is 1.19. The van der Waals surface area contributed by atoms with Gasteiger partial charge < -0.3 is 25.4 Å². The number of anilines is 1. The van der Waals surface area contributed by atoms with E-state index in [1.165, 1.54) is 19.2 Å². The van der Waals surface area contributed by atoms with Gasteiger partial charge in [-0.3, -0.25) is 24.5 Å². The largest absolute Gasteiger partial charge is 0.465 e. The molecule has 1 aromatic carbocycles. The van der Waals surface area contributed by atoms with Crippen LogP contribution in [-0.4, -0.2) is 60.5 Å². The number of alkyl carbamates (subject to hydrolysis) is 1. The number of hydrogen-bond donors (Lipinski definition) is 4. The maximum atomic E-state index is 13.0. The van der Waals surface area contributed by atoms with Crippen molar-refractivity contribution in [3.8, 4) is 0 Å². The number of ether oxygens (including phenoxy) is 2. The third-order valence-corrected chi connectivity index (χ3v) is 4.56. The Morgan fingerprint density at radius 1 is 1.15 bits per heavy atom. The van der Waals surface area contributed by atoms with Crippen LogP contribution in [0, 0.1) is 0 Å². The Balaban J connectivity index is 2.17. The van der Waals surface area contributed by atoms with Crippen molar-refractivity contribution >= 4 is 41.4 Å². The Hall–Kier alpha value is -3.96. The third-order valence-electron chi connectivity index (χ3n) is 4.56. The molecule has 0 aliphatic carbocycles. The Morgan fingerprint density at radius 3 is 2.44 bits per heavy atom. The van der Waals surface area contributed by atoms with E-state index in [9.17, 15) is 28.8 Å². The van der Waals surface area contributed by atoms with Crippen LogP contribution in [0.3, 0.4) is 0 Å². The van der Waals surface area contributed by atoms with E-state index in [-0.39, 0.29) is 24.1 Å². The molecule has 2 rings (SSSR count). The van der Waals surface area contributed by atoms with Crippen LogP contribution in [0.2, 0.25) is 0 Å². The van der Waals surface area contributed by atoms with Gasteiger partial charge in [0.15, 0.2) is 0 Å². The molecule has 0 radical (unpaired) electrons. The third kappa shape index (κ3) is 7.87. The summed E-state index contributed by atoms with van der Waals surface area (Å²) in [6.07, 6.45) is -1.31. The Morgan fingerprint density at radius 2 is 1.82 bits per heavy atom. The number of para-hydroxylation sites is 1. The molecular formula is C22H28N4O8. The summed E-state index contributed by atoms with van der Waals surface area (Å²) in [6.45, 7) is 4.89. The van der Waals surface area contributed by atoms with Gasteiger partial charge in [-0.25, -0.2) is 9.59 Å². The first kappa shape index (κ1) is 26.3. The van der Waals surface area contributed by atoms with Crippen molar-refractivity contribution in [1.29, 1.82) is 0 Å². The minimum Gasteiger partial charge on any atom is -0.465 e. The van der Waals surface area contributed by atoms with E-state index in [2.05, 4.69) is 21.3 Å². The number of imide groups is 1. The number of benzene rings is 1. The summed E-state index contributed by atoms with van der Waals surface area (Å²) in [6, 6.07) is 3.69. The first-order valence-electron chi connectivity index (χ1n) is 10.5. The standard InChI is InChI=1S/C22H28N4O8/c1-22(2,3)34-21(32)25-15(11-17(28)23-14-9-10-16(27)26-18(14)29)19(30)24-13-8-6-5-7-12(13)20(31)33-4/h5-8,14-15H,9-11H2,1-4H3,(H,23,28)(H,24,30)(H,25,32)(H,26,27,29). The number of carbonyl (C=O) groups is 6. The van der Waals surface area contributed by atoms with Gasteiger partial charge in [-0.15, -0.1) is 0 Å². The lowest BCUT2D eigenvalue weighted by molar-refractivity contribution is -0.137. The smallest absolute Gasteiger partial charge is 0.408 e. The van der Waals surface area contributed by atoms with Crippen LogP contribution in [0.25, 0.3) is 0 Å². The molecule has 5 amide bonds. The topological polar surface area (TPSA) is 169 Å². The predicted molar refractivity (Wildman–Crippen MR) is 119 cm³/mol. The van der Waals surface area contributed by atoms with E-state index < -0.39 is 59.8 Å². The number of piperidine rings is 1. The highest BCUT2D eigenvalue weighted by Crippen LogP contribution is 2.17. The Kier molecular flexibility index (Phi) is 8.70. The second-order valence-electron chi connectivity index (χ2n) is 8.50. The van der Waals surface area contributed by atoms with Crippen molar-refractivity contribution < 1.29 is 38.2 Å². The first-order valence-corrected chi connectivity index (χ1v) is 10.5. The minimum absolute atomic E-state index is 0.0566. The van der Waals surface area contributed by atoms with Crippen molar-refractivity contribution in [3.05, 3.63) is 29.8 Å². The fourth-order valence-electron chi connectivity index (χ4n) is 3.03. The molecule has 2 unspecified atom stereocenters. The molecule has 0 aromatic heterocycles. The van der Waals surface area contributed by atoms with Crippen molar-refractivity contribution in [2.75, 3.05) is 12.4 Å². The minimum atomic E-state index is -1.41. The molecule has 1 heterocycles. The number of rotatable bonds is 7. The molecule has 1 fully saturated rings. The second-order valence-corrected chi connectivity index (χ2v) is 8.50. The SMILES string of the molecule is COC(=O)c1ccccc1NC(=O)C(CC(=O)NC1CCC(=O)NC1=O)NC(=O)OC(C)(C)C. The maximum absolute atomic E-state index is 13.0. The zero-order chi connectivity index (χ0) is 25.5. The number of carbonyl (C=O) groups excluding carboxylic acids is 6. The average Bonchev–Trinajstić information content (AvgIpc) is 2.73. The first-order chi connectivity index (χ1) is 15.9. The number of methoxy groups -OCH3 is 1. The second kappa shape index (κ2) is 11.3. The van der Waals surface area contributed by atoms with Crippen molar-refractivity contribution in [2.45, 2.75) is 57.7 Å². The predicted octanol–water partition coefficient (Wildman–Crippen LogP) is 0.617.